The summed E-state index contributed by atoms with van der Waals surface area (Å²) in [6.45, 7) is 17.0. The lowest BCUT2D eigenvalue weighted by Crippen LogP contribution is -2.49. The number of hydrogen-bond donors (Lipinski definition) is 6. The highest BCUT2D eigenvalue weighted by molar-refractivity contribution is 7.90. The summed E-state index contributed by atoms with van der Waals surface area (Å²) in [6, 6.07) is 20.2. The molecule has 3 aromatic rings. The van der Waals surface area contributed by atoms with E-state index in [2.05, 4.69) is 17.6 Å². The minimum absolute atomic E-state index is 0.0615. The van der Waals surface area contributed by atoms with Gasteiger partial charge in [-0.25, -0.2) is 23.8 Å². The molecule has 0 unspecified atom stereocenters. The SMILES string of the molecule is CC(C)C[C@H]1C(=O)N[C@H](C(=O)CCCOCCOCCOCC[18F])Cc2ccc(cc2)OCCC[C@@H]1C(=O)NO.CCCOCCOCCOCCCC(=O)[C@@H]1Cc2ccc(cc2)OCCC[C@H](C(=O)NO)[C@@H](CC(C)C)C(=O)N1.Cc1ccc(S(C)(=O)=O)cc1. The van der Waals surface area contributed by atoms with Crippen molar-refractivity contribution in [3.63, 3.8) is 0 Å². The zero-order chi connectivity index (χ0) is 66.8. The van der Waals surface area contributed by atoms with E-state index in [4.69, 9.17) is 37.9 Å². The normalized spacial score (nSPS) is 19.0. The Morgan fingerprint density at radius 2 is 0.934 bits per heavy atom. The number of ether oxygens (including phenoxy) is 8. The highest BCUT2D eigenvalue weighted by atomic mass is 32.2. The highest BCUT2D eigenvalue weighted by Crippen LogP contribution is 2.29. The van der Waals surface area contributed by atoms with Crippen molar-refractivity contribution in [2.24, 2.45) is 35.5 Å². The zero-order valence-electron chi connectivity index (χ0n) is 54.6. The van der Waals surface area contributed by atoms with Gasteiger partial charge in [0.25, 0.3) is 0 Å². The number of sulfone groups is 1. The van der Waals surface area contributed by atoms with Gasteiger partial charge in [-0.1, -0.05) is 76.6 Å². The standard InChI is InChI=1S/C30H48N2O8.C29H45FN2O8.C8H10O2S/c1-4-13-37-16-18-39-19-17-38-14-6-8-28(33)27-21-23-9-11-24(12-10-23)40-15-5-7-25(30(35)32-36)26(20-22(2)3)29(34)31-27;1-21(2)19-25-24(29(35)32-36)5-3-13-40-23-9-7-22(8-10-23)20-26(31-28(25)34)27(33)6-4-12-37-15-17-39-18-16-38-14-11-30;1-7-3-5-8(6-4-7)11(2,9)10/h9-12,22,25-27,36H,4-8,13-21H2,1-3H3,(H,31,34)(H,32,35);7-10,21,24-26,36H,3-6,11-20H2,1-2H3,(H,31,34)(H,32,35);3-6H,1-2H3/t25-,26+,27-;24-,25+,26-;/m00./s1/i;30-1;. The molecule has 6 N–H and O–H groups in total. The smallest absolute Gasteiger partial charge is 0.247 e. The summed E-state index contributed by atoms with van der Waals surface area (Å²) in [6.07, 6.45) is 6.88. The number of amides is 4. The number of Topliss-reactive ketones (excluding diaryl/α,β-unsaturated/α-hetero) is 2. The van der Waals surface area contributed by atoms with Gasteiger partial charge in [0.15, 0.2) is 21.4 Å². The first-order valence-corrected chi connectivity index (χ1v) is 33.9. The fourth-order valence-corrected chi connectivity index (χ4v) is 10.8. The van der Waals surface area contributed by atoms with Crippen LogP contribution in [-0.4, -0.2) is 172 Å². The second-order valence-corrected chi connectivity index (χ2v) is 25.5. The van der Waals surface area contributed by atoms with Gasteiger partial charge in [0, 0.05) is 50.8 Å². The van der Waals surface area contributed by atoms with Gasteiger partial charge >= 0.3 is 0 Å². The van der Waals surface area contributed by atoms with Crippen LogP contribution in [0.15, 0.2) is 77.7 Å². The first kappa shape index (κ1) is 79.3. The number of halogens is 1. The first-order chi connectivity index (χ1) is 43.7. The molecule has 0 saturated carbocycles. The van der Waals surface area contributed by atoms with Crippen molar-refractivity contribution in [2.45, 2.75) is 142 Å². The molecule has 4 heterocycles. The average Bonchev–Trinajstić information content (AvgIpc) is 1.38. The number of carbonyl (C=O) groups is 6. The van der Waals surface area contributed by atoms with Crippen LogP contribution in [0.1, 0.15) is 122 Å². The molecule has 0 radical (unpaired) electrons. The number of carbonyl (C=O) groups excluding carboxylic acids is 6. The van der Waals surface area contributed by atoms with Crippen LogP contribution in [-0.2, 0) is 79.9 Å². The number of nitrogens with one attached hydrogen (secondary N) is 4. The van der Waals surface area contributed by atoms with Crippen LogP contribution in [0.4, 0.5) is 4.39 Å². The van der Waals surface area contributed by atoms with Gasteiger partial charge in [0.1, 0.15) is 18.2 Å². The number of hydroxylamine groups is 2. The third-order valence-electron chi connectivity index (χ3n) is 14.9. The van der Waals surface area contributed by atoms with Crippen LogP contribution in [0.25, 0.3) is 0 Å². The van der Waals surface area contributed by atoms with Crippen LogP contribution < -0.4 is 31.1 Å². The van der Waals surface area contributed by atoms with Gasteiger partial charge < -0.3 is 48.5 Å². The molecule has 0 spiro atoms. The van der Waals surface area contributed by atoms with E-state index in [1.807, 2.05) is 83.1 Å². The molecule has 4 aliphatic rings. The van der Waals surface area contributed by atoms with Crippen LogP contribution in [0.5, 0.6) is 11.5 Å². The molecule has 91 heavy (non-hydrogen) atoms. The van der Waals surface area contributed by atoms with Gasteiger partial charge in [0.2, 0.25) is 23.6 Å². The van der Waals surface area contributed by atoms with Crippen molar-refractivity contribution in [3.05, 3.63) is 89.5 Å². The van der Waals surface area contributed by atoms with Crippen LogP contribution in [0.2, 0.25) is 0 Å². The Morgan fingerprint density at radius 1 is 0.571 bits per heavy atom. The van der Waals surface area contributed by atoms with Crippen LogP contribution in [0.3, 0.4) is 0 Å². The molecular formula is C67H103FN4O18S. The number of rotatable bonds is 33. The minimum atomic E-state index is -3.02. The van der Waals surface area contributed by atoms with E-state index < -0.39 is 64.1 Å². The third kappa shape index (κ3) is 33.4. The maximum absolute atomic E-state index is 13.6. The molecule has 4 bridgehead atoms. The molecule has 3 aromatic carbocycles. The van der Waals surface area contributed by atoms with E-state index >= 15 is 0 Å². The van der Waals surface area contributed by atoms with Gasteiger partial charge in [-0.15, -0.1) is 0 Å². The van der Waals surface area contributed by atoms with E-state index in [-0.39, 0.29) is 54.7 Å². The van der Waals surface area contributed by atoms with E-state index in [1.54, 1.807) is 35.2 Å². The van der Waals surface area contributed by atoms with Gasteiger partial charge in [-0.2, -0.15) is 0 Å². The summed E-state index contributed by atoms with van der Waals surface area (Å²) < 4.78 is 77.8. The second-order valence-electron chi connectivity index (χ2n) is 23.5. The fraction of sp³-hybridized carbons (Fsp3) is 0.642. The molecule has 0 saturated heterocycles. The lowest BCUT2D eigenvalue weighted by atomic mass is 9.81. The molecule has 4 amide bonds. The van der Waals surface area contributed by atoms with Crippen molar-refractivity contribution in [1.29, 1.82) is 0 Å². The minimum Gasteiger partial charge on any atom is -0.494 e. The number of fused-ring (bicyclic) bond motifs is 22. The summed E-state index contributed by atoms with van der Waals surface area (Å²) in [4.78, 5) is 79.3. The average molecular weight is 1300 g/mol. The number of benzene rings is 3. The lowest BCUT2D eigenvalue weighted by Gasteiger charge is -2.29. The van der Waals surface area contributed by atoms with Gasteiger partial charge in [-0.3, -0.25) is 39.2 Å². The number of aryl methyl sites for hydroxylation is 1. The molecule has 6 atom stereocenters. The first-order valence-electron chi connectivity index (χ1n) is 32.0. The highest BCUT2D eigenvalue weighted by Gasteiger charge is 2.38. The van der Waals surface area contributed by atoms with E-state index in [9.17, 15) is 52.0 Å². The van der Waals surface area contributed by atoms with Crippen molar-refractivity contribution < 1.29 is 89.9 Å². The summed E-state index contributed by atoms with van der Waals surface area (Å²) in [5.74, 6) is -3.46. The number of hydrogen-bond acceptors (Lipinski definition) is 18. The summed E-state index contributed by atoms with van der Waals surface area (Å²) in [5, 5.41) is 24.7. The Hall–Kier alpha value is -5.96. The van der Waals surface area contributed by atoms with Crippen molar-refractivity contribution >= 4 is 45.0 Å². The Labute approximate surface area is 538 Å². The zero-order valence-corrected chi connectivity index (χ0v) is 55.4. The Morgan fingerprint density at radius 3 is 1.27 bits per heavy atom. The van der Waals surface area contributed by atoms with Gasteiger partial charge in [-0.05, 0) is 137 Å². The molecule has 0 fully saturated rings. The second kappa shape index (κ2) is 46.2. The summed E-state index contributed by atoms with van der Waals surface area (Å²) >= 11 is 0. The van der Waals surface area contributed by atoms with Crippen LogP contribution >= 0.6 is 0 Å². The molecule has 24 heteroatoms. The Balaban J connectivity index is 0.000000406. The monoisotopic (exact) mass is 1300 g/mol. The lowest BCUT2D eigenvalue weighted by molar-refractivity contribution is -0.142. The molecular weight excluding hydrogens is 1200 g/mol. The largest absolute Gasteiger partial charge is 0.494 e. The Bertz CT molecular complexity index is 2510. The van der Waals surface area contributed by atoms with Crippen LogP contribution in [0, 0.1) is 42.4 Å². The van der Waals surface area contributed by atoms with Crippen molar-refractivity contribution in [1.82, 2.24) is 21.6 Å². The molecule has 0 aliphatic carbocycles. The molecule has 7 rings (SSSR count). The predicted octanol–water partition coefficient (Wildman–Crippen LogP) is 7.92. The molecule has 22 nitrogen and oxygen atoms in total. The maximum Gasteiger partial charge on any atom is 0.247 e. The quantitative estimate of drug-likeness (QED) is 0.0192. The van der Waals surface area contributed by atoms with Crippen molar-refractivity contribution in [2.75, 3.05) is 105 Å². The molecule has 0 aromatic heterocycles. The number of alkyl halides is 1. The number of ketones is 2. The third-order valence-corrected chi connectivity index (χ3v) is 16.0. The molecule has 512 valence electrons. The maximum atomic E-state index is 13.6. The van der Waals surface area contributed by atoms with Gasteiger partial charge in [0.05, 0.1) is 101 Å². The topological polar surface area (TPSA) is 299 Å². The summed E-state index contributed by atoms with van der Waals surface area (Å²) in [5.41, 5.74) is 6.28. The van der Waals surface area contributed by atoms with E-state index in [1.165, 1.54) is 6.26 Å². The van der Waals surface area contributed by atoms with E-state index in [0.29, 0.717) is 160 Å². The fourth-order valence-electron chi connectivity index (χ4n) is 10.2. The van der Waals surface area contributed by atoms with Crippen molar-refractivity contribution in [3.8, 4) is 11.5 Å². The Kier molecular flexibility index (Phi) is 40.2. The molecule has 4 aliphatic heterocycles. The summed E-state index contributed by atoms with van der Waals surface area (Å²) in [7, 11) is -3.02. The predicted molar refractivity (Wildman–Crippen MR) is 340 cm³/mol. The van der Waals surface area contributed by atoms with E-state index in [0.717, 1.165) is 29.7 Å².